The van der Waals surface area contributed by atoms with Crippen LogP contribution in [0.5, 0.6) is 0 Å². The number of hydrogen-bond donors (Lipinski definition) is 3. The normalized spacial score (nSPS) is 15.9. The fourth-order valence-electron chi connectivity index (χ4n) is 4.09. The number of methoxy groups -OCH3 is 2. The molecule has 9 nitrogen and oxygen atoms in total. The summed E-state index contributed by atoms with van der Waals surface area (Å²) in [5.74, 6) is -2.14. The lowest BCUT2D eigenvalue weighted by atomic mass is 9.98. The van der Waals surface area contributed by atoms with E-state index < -0.39 is 35.7 Å². The second-order valence-electron chi connectivity index (χ2n) is 8.45. The number of nitrogens with one attached hydrogen (secondary N) is 2. The second kappa shape index (κ2) is 10.7. The second-order valence-corrected chi connectivity index (χ2v) is 8.45. The minimum Gasteiger partial charge on any atom is -0.479 e. The van der Waals surface area contributed by atoms with Crippen LogP contribution in [0.4, 0.5) is 4.79 Å². The summed E-state index contributed by atoms with van der Waals surface area (Å²) < 4.78 is 15.7. The first-order chi connectivity index (χ1) is 16.2. The number of amides is 2. The number of carbonyl (C=O) groups excluding carboxylic acids is 2. The molecule has 2 aromatic carbocycles. The molecule has 0 spiro atoms. The average molecular weight is 471 g/mol. The van der Waals surface area contributed by atoms with E-state index in [0.29, 0.717) is 0 Å². The van der Waals surface area contributed by atoms with Crippen LogP contribution in [0.25, 0.3) is 11.1 Å². The van der Waals surface area contributed by atoms with Gasteiger partial charge < -0.3 is 30.0 Å². The van der Waals surface area contributed by atoms with Crippen molar-refractivity contribution in [1.82, 2.24) is 10.6 Å². The van der Waals surface area contributed by atoms with Crippen LogP contribution in [-0.2, 0) is 23.8 Å². The fraction of sp³-hybridized carbons (Fsp3) is 0.400. The van der Waals surface area contributed by atoms with Gasteiger partial charge in [-0.1, -0.05) is 48.5 Å². The van der Waals surface area contributed by atoms with E-state index in [-0.39, 0.29) is 19.1 Å². The highest BCUT2D eigenvalue weighted by atomic mass is 16.5. The summed E-state index contributed by atoms with van der Waals surface area (Å²) >= 11 is 0. The number of alkyl carbamates (subject to hydrolysis) is 1. The molecule has 182 valence electrons. The number of carboxylic acid groups (broad SMARTS) is 1. The molecule has 0 saturated carbocycles. The first kappa shape index (κ1) is 25.2. The Morgan fingerprint density at radius 1 is 1.03 bits per heavy atom. The number of carbonyl (C=O) groups is 3. The largest absolute Gasteiger partial charge is 0.479 e. The van der Waals surface area contributed by atoms with Gasteiger partial charge >= 0.3 is 12.1 Å². The van der Waals surface area contributed by atoms with Gasteiger partial charge in [0, 0.05) is 20.1 Å². The van der Waals surface area contributed by atoms with E-state index >= 15 is 0 Å². The first-order valence-electron chi connectivity index (χ1n) is 10.9. The van der Waals surface area contributed by atoms with Crippen LogP contribution in [0.15, 0.2) is 48.5 Å². The number of aliphatic carboxylic acids is 1. The third kappa shape index (κ3) is 5.21. The van der Waals surface area contributed by atoms with E-state index in [1.165, 1.54) is 21.1 Å². The maximum atomic E-state index is 12.9. The molecule has 2 aromatic rings. The summed E-state index contributed by atoms with van der Waals surface area (Å²) in [6.07, 6.45) is -1.56. The van der Waals surface area contributed by atoms with Crippen LogP contribution in [0.2, 0.25) is 0 Å². The molecule has 3 atom stereocenters. The van der Waals surface area contributed by atoms with Gasteiger partial charge in [0.25, 0.3) is 0 Å². The minimum absolute atomic E-state index is 0.0755. The highest BCUT2D eigenvalue weighted by Gasteiger charge is 2.39. The van der Waals surface area contributed by atoms with Crippen LogP contribution in [-0.4, -0.2) is 68.2 Å². The van der Waals surface area contributed by atoms with Crippen LogP contribution in [0, 0.1) is 0 Å². The number of rotatable bonds is 10. The monoisotopic (exact) mass is 470 g/mol. The Morgan fingerprint density at radius 2 is 1.59 bits per heavy atom. The van der Waals surface area contributed by atoms with Gasteiger partial charge in [-0.05, 0) is 36.1 Å². The SMILES string of the molecule is COCC(C)(NC(=O)[C@@H](NC(=O)OCC1c2ccccc2-c2ccccc21)[C@@H](C)OC)C(=O)O. The Bertz CT molecular complexity index is 1010. The number of fused-ring (bicyclic) bond motifs is 3. The van der Waals surface area contributed by atoms with Crippen molar-refractivity contribution in [3.8, 4) is 11.1 Å². The van der Waals surface area contributed by atoms with Gasteiger partial charge in [0.05, 0.1) is 12.7 Å². The molecule has 3 rings (SSSR count). The van der Waals surface area contributed by atoms with Crippen LogP contribution < -0.4 is 10.6 Å². The fourth-order valence-corrected chi connectivity index (χ4v) is 4.09. The quantitative estimate of drug-likeness (QED) is 0.488. The maximum Gasteiger partial charge on any atom is 0.407 e. The number of hydrogen-bond acceptors (Lipinski definition) is 6. The van der Waals surface area contributed by atoms with Crippen molar-refractivity contribution in [2.75, 3.05) is 27.4 Å². The molecule has 1 aliphatic rings. The van der Waals surface area contributed by atoms with Crippen LogP contribution in [0.3, 0.4) is 0 Å². The molecule has 0 radical (unpaired) electrons. The summed E-state index contributed by atoms with van der Waals surface area (Å²) in [4.78, 5) is 37.2. The van der Waals surface area contributed by atoms with Crippen LogP contribution in [0.1, 0.15) is 30.9 Å². The Labute approximate surface area is 198 Å². The smallest absolute Gasteiger partial charge is 0.407 e. The third-order valence-electron chi connectivity index (χ3n) is 6.04. The molecule has 3 N–H and O–H groups in total. The topological polar surface area (TPSA) is 123 Å². The van der Waals surface area contributed by atoms with Crippen molar-refractivity contribution in [3.05, 3.63) is 59.7 Å². The summed E-state index contributed by atoms with van der Waals surface area (Å²) in [5.41, 5.74) is 2.65. The van der Waals surface area contributed by atoms with E-state index in [4.69, 9.17) is 14.2 Å². The van der Waals surface area contributed by atoms with Crippen molar-refractivity contribution in [2.24, 2.45) is 0 Å². The van der Waals surface area contributed by atoms with Crippen molar-refractivity contribution in [1.29, 1.82) is 0 Å². The Hall–Kier alpha value is -3.43. The van der Waals surface area contributed by atoms with Gasteiger partial charge in [-0.2, -0.15) is 0 Å². The lowest BCUT2D eigenvalue weighted by Crippen LogP contribution is -2.62. The molecular formula is C25H30N2O7. The highest BCUT2D eigenvalue weighted by Crippen LogP contribution is 2.44. The lowest BCUT2D eigenvalue weighted by Gasteiger charge is -2.30. The highest BCUT2D eigenvalue weighted by molar-refractivity contribution is 5.91. The number of benzene rings is 2. The zero-order chi connectivity index (χ0) is 24.9. The van der Waals surface area contributed by atoms with E-state index in [1.54, 1.807) is 6.92 Å². The molecule has 0 heterocycles. The molecule has 0 fully saturated rings. The van der Waals surface area contributed by atoms with Gasteiger partial charge in [-0.25, -0.2) is 9.59 Å². The molecule has 1 aliphatic carbocycles. The Balaban J connectivity index is 1.70. The molecule has 2 amide bonds. The minimum atomic E-state index is -1.68. The van der Waals surface area contributed by atoms with Gasteiger partial charge in [0.15, 0.2) is 5.54 Å². The molecular weight excluding hydrogens is 440 g/mol. The number of carboxylic acids is 1. The van der Waals surface area contributed by atoms with Crippen molar-refractivity contribution < 1.29 is 33.7 Å². The Kier molecular flexibility index (Phi) is 7.90. The zero-order valence-corrected chi connectivity index (χ0v) is 19.7. The van der Waals surface area contributed by atoms with Gasteiger partial charge in [0.1, 0.15) is 12.6 Å². The summed E-state index contributed by atoms with van der Waals surface area (Å²) in [6, 6.07) is 14.7. The molecule has 0 aliphatic heterocycles. The van der Waals surface area contributed by atoms with E-state index in [2.05, 4.69) is 10.6 Å². The summed E-state index contributed by atoms with van der Waals surface area (Å²) in [5, 5.41) is 14.4. The molecule has 0 saturated heterocycles. The van der Waals surface area contributed by atoms with Crippen molar-refractivity contribution >= 4 is 18.0 Å². The van der Waals surface area contributed by atoms with E-state index in [0.717, 1.165) is 22.3 Å². The molecule has 1 unspecified atom stereocenters. The number of ether oxygens (including phenoxy) is 3. The molecule has 0 bridgehead atoms. The predicted molar refractivity (Wildman–Crippen MR) is 125 cm³/mol. The van der Waals surface area contributed by atoms with Gasteiger partial charge in [-0.3, -0.25) is 4.79 Å². The zero-order valence-electron chi connectivity index (χ0n) is 19.7. The third-order valence-corrected chi connectivity index (χ3v) is 6.04. The van der Waals surface area contributed by atoms with Crippen molar-refractivity contribution in [2.45, 2.75) is 37.5 Å². The standard InChI is InChI=1S/C25H30N2O7/c1-15(33-4)21(22(28)27-25(2,14-32-3)23(29)30)26-24(31)34-13-20-18-11-7-5-9-16(18)17-10-6-8-12-19(17)20/h5-12,15,20-21H,13-14H2,1-4H3,(H,26,31)(H,27,28)(H,29,30)/t15-,21+,25?/m1/s1. The van der Waals surface area contributed by atoms with E-state index in [1.807, 2.05) is 48.5 Å². The summed E-state index contributed by atoms with van der Waals surface area (Å²) in [6.45, 7) is 2.72. The molecule has 34 heavy (non-hydrogen) atoms. The van der Waals surface area contributed by atoms with Gasteiger partial charge in [-0.15, -0.1) is 0 Å². The van der Waals surface area contributed by atoms with Crippen molar-refractivity contribution in [3.63, 3.8) is 0 Å². The predicted octanol–water partition coefficient (Wildman–Crippen LogP) is 2.53. The average Bonchev–Trinajstić information content (AvgIpc) is 3.14. The lowest BCUT2D eigenvalue weighted by molar-refractivity contribution is -0.150. The van der Waals surface area contributed by atoms with Crippen LogP contribution >= 0.6 is 0 Å². The molecule has 9 heteroatoms. The molecule has 0 aromatic heterocycles. The van der Waals surface area contributed by atoms with E-state index in [9.17, 15) is 19.5 Å². The first-order valence-corrected chi connectivity index (χ1v) is 10.9. The van der Waals surface area contributed by atoms with Gasteiger partial charge in [0.2, 0.25) is 5.91 Å². The summed E-state index contributed by atoms with van der Waals surface area (Å²) in [7, 11) is 2.72. The Morgan fingerprint density at radius 3 is 2.09 bits per heavy atom. The maximum absolute atomic E-state index is 12.9.